The minimum Gasteiger partial charge on any atom is -0.756 e. The number of likely N-dealkylation sites (N-methyl/N-ethyl adjacent to an activating group) is 1. The summed E-state index contributed by atoms with van der Waals surface area (Å²) in [5.74, 6) is -0.205. The molecule has 0 aliphatic carbocycles. The summed E-state index contributed by atoms with van der Waals surface area (Å²) < 4.78 is 23.5. The van der Waals surface area contributed by atoms with Crippen molar-refractivity contribution in [2.45, 2.75) is 321 Å². The third kappa shape index (κ3) is 68.4. The first-order valence-corrected chi connectivity index (χ1v) is 37.4. The van der Waals surface area contributed by atoms with Crippen LogP contribution in [0.2, 0.25) is 0 Å². The van der Waals surface area contributed by atoms with Crippen LogP contribution in [0.15, 0.2) is 122 Å². The number of hydrogen-bond acceptors (Lipinski definition) is 6. The van der Waals surface area contributed by atoms with E-state index in [9.17, 15) is 19.4 Å². The molecule has 0 radical (unpaired) electrons. The first kappa shape index (κ1) is 82.9. The maximum absolute atomic E-state index is 13.0. The summed E-state index contributed by atoms with van der Waals surface area (Å²) in [6.07, 6.45) is 98.8. The van der Waals surface area contributed by atoms with E-state index in [1.807, 2.05) is 27.2 Å². The van der Waals surface area contributed by atoms with E-state index in [1.165, 1.54) is 180 Å². The molecule has 8 nitrogen and oxygen atoms in total. The molecule has 0 saturated carbocycles. The van der Waals surface area contributed by atoms with E-state index in [4.69, 9.17) is 9.05 Å². The molecule has 0 aromatic rings. The zero-order chi connectivity index (χ0) is 62.6. The number of aliphatic hydroxyl groups excluding tert-OH is 1. The number of hydrogen-bond donors (Lipinski definition) is 2. The topological polar surface area (TPSA) is 108 Å². The smallest absolute Gasteiger partial charge is 0.268 e. The minimum absolute atomic E-state index is 0.00716. The third-order valence-corrected chi connectivity index (χ3v) is 16.6. The van der Waals surface area contributed by atoms with Crippen molar-refractivity contribution < 1.29 is 32.9 Å². The molecule has 0 aromatic heterocycles. The van der Waals surface area contributed by atoms with Gasteiger partial charge in [-0.25, -0.2) is 0 Å². The van der Waals surface area contributed by atoms with Crippen molar-refractivity contribution in [3.8, 4) is 0 Å². The highest BCUT2D eigenvalue weighted by atomic mass is 31.2. The lowest BCUT2D eigenvalue weighted by Crippen LogP contribution is -2.45. The first-order valence-electron chi connectivity index (χ1n) is 35.9. The number of quaternary nitrogens is 1. The summed E-state index contributed by atoms with van der Waals surface area (Å²) in [5, 5.41) is 14.0. The molecule has 3 unspecified atom stereocenters. The SMILES string of the molecule is CC/C=C\C/C=C\C/C=C\C/C=C\C/C=C\C/C=C\C/C=C\C/C=C\C/C=C\CCCCCCCCCCCC(=O)NC(COP(=O)([O-])OCC[N+](C)(C)C)C(O)/C=C/CCCCCCCCCCCCCCCCCCCCCCCCCCC. The van der Waals surface area contributed by atoms with Crippen molar-refractivity contribution in [1.29, 1.82) is 0 Å². The van der Waals surface area contributed by atoms with Gasteiger partial charge in [0.15, 0.2) is 0 Å². The molecule has 0 aliphatic heterocycles. The number of rotatable bonds is 65. The first-order chi connectivity index (χ1) is 42.0. The summed E-state index contributed by atoms with van der Waals surface area (Å²) in [6, 6.07) is -0.900. The summed E-state index contributed by atoms with van der Waals surface area (Å²) in [4.78, 5) is 25.7. The highest BCUT2D eigenvalue weighted by Crippen LogP contribution is 2.38. The number of unbranched alkanes of at least 4 members (excludes halogenated alkanes) is 34. The van der Waals surface area contributed by atoms with Crippen LogP contribution >= 0.6 is 7.82 Å². The fraction of sp³-hybridized carbons (Fsp3) is 0.727. The van der Waals surface area contributed by atoms with E-state index < -0.39 is 20.0 Å². The van der Waals surface area contributed by atoms with E-state index in [2.05, 4.69) is 129 Å². The Morgan fingerprint density at radius 2 is 0.709 bits per heavy atom. The Hall–Kier alpha value is -3.10. The number of amides is 1. The molecular formula is C77H137N2O6P. The Morgan fingerprint density at radius 1 is 0.419 bits per heavy atom. The normalized spacial score (nSPS) is 14.4. The van der Waals surface area contributed by atoms with E-state index in [0.717, 1.165) is 109 Å². The molecule has 0 spiro atoms. The van der Waals surface area contributed by atoms with Gasteiger partial charge in [-0.05, 0) is 89.9 Å². The minimum atomic E-state index is -4.61. The summed E-state index contributed by atoms with van der Waals surface area (Å²) in [5.41, 5.74) is 0. The summed E-state index contributed by atoms with van der Waals surface area (Å²) in [6.45, 7) is 4.55. The zero-order valence-corrected chi connectivity index (χ0v) is 57.6. The highest BCUT2D eigenvalue weighted by Gasteiger charge is 2.23. The van der Waals surface area contributed by atoms with Crippen LogP contribution in [0.1, 0.15) is 309 Å². The van der Waals surface area contributed by atoms with Crippen LogP contribution in [0, 0.1) is 0 Å². The zero-order valence-electron chi connectivity index (χ0n) is 56.7. The van der Waals surface area contributed by atoms with Gasteiger partial charge in [0.2, 0.25) is 5.91 Å². The molecule has 0 heterocycles. The van der Waals surface area contributed by atoms with E-state index in [0.29, 0.717) is 17.4 Å². The second kappa shape index (κ2) is 66.3. The maximum atomic E-state index is 13.0. The predicted octanol–water partition coefficient (Wildman–Crippen LogP) is 22.6. The number of phosphoric acid groups is 1. The molecule has 0 saturated heterocycles. The van der Waals surface area contributed by atoms with Crippen molar-refractivity contribution in [3.05, 3.63) is 122 Å². The molecule has 0 bridgehead atoms. The van der Waals surface area contributed by atoms with Gasteiger partial charge in [-0.1, -0.05) is 334 Å². The van der Waals surface area contributed by atoms with Crippen molar-refractivity contribution in [3.63, 3.8) is 0 Å². The van der Waals surface area contributed by atoms with E-state index in [1.54, 1.807) is 6.08 Å². The maximum Gasteiger partial charge on any atom is 0.268 e. The van der Waals surface area contributed by atoms with Gasteiger partial charge in [-0.2, -0.15) is 0 Å². The van der Waals surface area contributed by atoms with Gasteiger partial charge in [-0.3, -0.25) is 9.36 Å². The van der Waals surface area contributed by atoms with Gasteiger partial charge in [0.1, 0.15) is 13.2 Å². The summed E-state index contributed by atoms with van der Waals surface area (Å²) in [7, 11) is 1.25. The Balaban J connectivity index is 4.13. The molecule has 9 heteroatoms. The number of allylic oxidation sites excluding steroid dienone is 19. The van der Waals surface area contributed by atoms with Crippen molar-refractivity contribution in [2.24, 2.45) is 0 Å². The molecule has 0 aliphatic rings. The molecule has 0 aromatic carbocycles. The van der Waals surface area contributed by atoms with Gasteiger partial charge in [-0.15, -0.1) is 0 Å². The Kier molecular flexibility index (Phi) is 63.9. The van der Waals surface area contributed by atoms with Crippen LogP contribution in [-0.2, 0) is 18.4 Å². The quantitative estimate of drug-likeness (QED) is 0.0272. The average molecular weight is 1220 g/mol. The number of nitrogens with one attached hydrogen (secondary N) is 1. The molecule has 86 heavy (non-hydrogen) atoms. The lowest BCUT2D eigenvalue weighted by atomic mass is 10.0. The fourth-order valence-corrected chi connectivity index (χ4v) is 10.9. The van der Waals surface area contributed by atoms with Gasteiger partial charge < -0.3 is 28.8 Å². The monoisotopic (exact) mass is 1220 g/mol. The van der Waals surface area contributed by atoms with Gasteiger partial charge in [0.25, 0.3) is 7.82 Å². The molecule has 0 fully saturated rings. The van der Waals surface area contributed by atoms with Crippen molar-refractivity contribution >= 4 is 13.7 Å². The van der Waals surface area contributed by atoms with Crippen LogP contribution < -0.4 is 10.2 Å². The number of phosphoric ester groups is 1. The van der Waals surface area contributed by atoms with Crippen LogP contribution in [0.4, 0.5) is 0 Å². The van der Waals surface area contributed by atoms with Crippen LogP contribution in [0.25, 0.3) is 0 Å². The van der Waals surface area contributed by atoms with Gasteiger partial charge in [0, 0.05) is 6.42 Å². The van der Waals surface area contributed by atoms with Crippen molar-refractivity contribution in [1.82, 2.24) is 5.32 Å². The second-order valence-electron chi connectivity index (χ2n) is 25.2. The number of carbonyl (C=O) groups excluding carboxylic acids is 1. The number of carbonyl (C=O) groups is 1. The van der Waals surface area contributed by atoms with Gasteiger partial charge in [0.05, 0.1) is 39.9 Å². The van der Waals surface area contributed by atoms with E-state index in [-0.39, 0.29) is 19.1 Å². The molecule has 0 rings (SSSR count). The second-order valence-corrected chi connectivity index (χ2v) is 26.6. The number of nitrogens with zero attached hydrogens (tertiary/aromatic N) is 1. The molecule has 2 N–H and O–H groups in total. The van der Waals surface area contributed by atoms with Crippen LogP contribution in [-0.4, -0.2) is 68.5 Å². The largest absolute Gasteiger partial charge is 0.756 e. The van der Waals surface area contributed by atoms with Crippen molar-refractivity contribution in [2.75, 3.05) is 40.9 Å². The number of aliphatic hydroxyl groups is 1. The van der Waals surface area contributed by atoms with Crippen LogP contribution in [0.5, 0.6) is 0 Å². The lowest BCUT2D eigenvalue weighted by molar-refractivity contribution is -0.870. The predicted molar refractivity (Wildman–Crippen MR) is 375 cm³/mol. The van der Waals surface area contributed by atoms with Gasteiger partial charge >= 0.3 is 0 Å². The average Bonchev–Trinajstić information content (AvgIpc) is 3.70. The summed E-state index contributed by atoms with van der Waals surface area (Å²) >= 11 is 0. The fourth-order valence-electron chi connectivity index (χ4n) is 10.1. The molecular weight excluding hydrogens is 1080 g/mol. The molecule has 496 valence electrons. The standard InChI is InChI=1S/C77H137N2O6P/c1-6-8-10-12-14-16-18-20-22-24-26-28-30-32-34-35-36-37-38-39-40-41-42-43-45-47-49-51-53-55-57-59-61-63-65-67-69-71-77(81)78-75(74-85-86(82,83)84-73-72-79(3,4)5)76(80)70-68-66-64-62-60-58-56-54-52-50-48-46-44-33-31-29-27-25-23-21-19-17-15-13-11-9-7-2/h8,10,14,16,20,22,26,28,32,34,36-37,39-40,42-43,47,49,68,70,75-76,80H,6-7,9,11-13,15,17-19,21,23-25,27,29-31,33,35,38,41,44-46,48,50-67,69,71-74H2,1-5H3,(H-,78,81,82,83)/b10-8-,16-14-,22-20-,28-26-,34-32-,37-36-,40-39-,43-42-,49-47-,70-68+. The highest BCUT2D eigenvalue weighted by molar-refractivity contribution is 7.45. The van der Waals surface area contributed by atoms with E-state index >= 15 is 0 Å². The molecule has 3 atom stereocenters. The Bertz CT molecular complexity index is 1820. The lowest BCUT2D eigenvalue weighted by Gasteiger charge is -2.29. The molecule has 1 amide bonds. The Morgan fingerprint density at radius 3 is 1.03 bits per heavy atom. The van der Waals surface area contributed by atoms with Crippen LogP contribution in [0.3, 0.4) is 0 Å². The Labute approximate surface area is 533 Å². The third-order valence-electron chi connectivity index (χ3n) is 15.7.